The lowest BCUT2D eigenvalue weighted by atomic mass is 10.1. The molecule has 0 atom stereocenters. The number of aromatic amines is 1. The van der Waals surface area contributed by atoms with Crippen LogP contribution in [0.25, 0.3) is 11.2 Å². The second-order valence-electron chi connectivity index (χ2n) is 4.97. The van der Waals surface area contributed by atoms with E-state index in [-0.39, 0.29) is 0 Å². The minimum Gasteiger partial charge on any atom is -0.329 e. The monoisotopic (exact) mass is 325 g/mol. The van der Waals surface area contributed by atoms with Gasteiger partial charge in [-0.2, -0.15) is 0 Å². The van der Waals surface area contributed by atoms with Crippen LogP contribution in [0, 0.1) is 4.77 Å². The molecule has 0 spiro atoms. The molecule has 1 fully saturated rings. The van der Waals surface area contributed by atoms with Gasteiger partial charge in [-0.05, 0) is 47.1 Å². The summed E-state index contributed by atoms with van der Waals surface area (Å²) < 4.78 is 4.02. The van der Waals surface area contributed by atoms with Crippen LogP contribution < -0.4 is 0 Å². The highest BCUT2D eigenvalue weighted by molar-refractivity contribution is 9.10. The molecule has 0 aromatic carbocycles. The molecule has 0 aliphatic heterocycles. The quantitative estimate of drug-likeness (QED) is 0.606. The zero-order chi connectivity index (χ0) is 12.5. The van der Waals surface area contributed by atoms with Gasteiger partial charge in [-0.3, -0.25) is 4.57 Å². The first-order chi connectivity index (χ1) is 8.75. The van der Waals surface area contributed by atoms with Gasteiger partial charge in [0.25, 0.3) is 0 Å². The fourth-order valence-electron chi connectivity index (χ4n) is 2.84. The van der Waals surface area contributed by atoms with Crippen LogP contribution in [0.1, 0.15) is 44.6 Å². The number of hydrogen-bond donors (Lipinski definition) is 1. The number of halogens is 1. The Labute approximate surface area is 120 Å². The Hall–Kier alpha value is -0.680. The van der Waals surface area contributed by atoms with E-state index in [1.165, 1.54) is 38.5 Å². The summed E-state index contributed by atoms with van der Waals surface area (Å²) in [6.45, 7) is 0. The number of fused-ring (bicyclic) bond motifs is 1. The molecule has 2 aromatic heterocycles. The Morgan fingerprint density at radius 3 is 2.72 bits per heavy atom. The first-order valence-electron chi connectivity index (χ1n) is 6.51. The van der Waals surface area contributed by atoms with E-state index in [1.54, 1.807) is 0 Å². The van der Waals surface area contributed by atoms with Crippen molar-refractivity contribution in [1.82, 2.24) is 14.5 Å². The molecule has 3 nitrogen and oxygen atoms in total. The number of rotatable bonds is 1. The van der Waals surface area contributed by atoms with Crippen molar-refractivity contribution in [3.8, 4) is 0 Å². The molecule has 1 aliphatic rings. The van der Waals surface area contributed by atoms with Crippen molar-refractivity contribution in [2.24, 2.45) is 0 Å². The van der Waals surface area contributed by atoms with Crippen molar-refractivity contribution in [2.45, 2.75) is 44.6 Å². The van der Waals surface area contributed by atoms with Crippen LogP contribution >= 0.6 is 28.1 Å². The lowest BCUT2D eigenvalue weighted by Gasteiger charge is -2.16. The molecule has 18 heavy (non-hydrogen) atoms. The highest BCUT2D eigenvalue weighted by atomic mass is 79.9. The van der Waals surface area contributed by atoms with Crippen molar-refractivity contribution in [3.63, 3.8) is 0 Å². The van der Waals surface area contributed by atoms with E-state index >= 15 is 0 Å². The predicted octanol–water partition coefficient (Wildman–Crippen LogP) is 4.75. The van der Waals surface area contributed by atoms with Gasteiger partial charge in [0.15, 0.2) is 10.4 Å². The largest absolute Gasteiger partial charge is 0.329 e. The number of aromatic nitrogens is 3. The maximum absolute atomic E-state index is 5.47. The fourth-order valence-corrected chi connectivity index (χ4v) is 3.52. The molecule has 2 aromatic rings. The Bertz CT molecular complexity index is 608. The number of pyridine rings is 1. The van der Waals surface area contributed by atoms with Crippen molar-refractivity contribution in [1.29, 1.82) is 0 Å². The van der Waals surface area contributed by atoms with Crippen LogP contribution in [0.3, 0.4) is 0 Å². The van der Waals surface area contributed by atoms with E-state index in [0.29, 0.717) is 6.04 Å². The molecule has 0 bridgehead atoms. The number of hydrogen-bond acceptors (Lipinski definition) is 2. The van der Waals surface area contributed by atoms with E-state index in [1.807, 2.05) is 12.3 Å². The first kappa shape index (κ1) is 12.4. The molecule has 3 rings (SSSR count). The van der Waals surface area contributed by atoms with E-state index in [9.17, 15) is 0 Å². The molecule has 0 radical (unpaired) electrons. The molecule has 96 valence electrons. The smallest absolute Gasteiger partial charge is 0.179 e. The third-order valence-corrected chi connectivity index (χ3v) is 4.44. The summed E-state index contributed by atoms with van der Waals surface area (Å²) in [6, 6.07) is 2.56. The summed E-state index contributed by atoms with van der Waals surface area (Å²) in [5.74, 6) is 0. The van der Waals surface area contributed by atoms with Crippen molar-refractivity contribution < 1.29 is 0 Å². The van der Waals surface area contributed by atoms with E-state index in [2.05, 4.69) is 30.5 Å². The average Bonchev–Trinajstić information content (AvgIpc) is 2.54. The lowest BCUT2D eigenvalue weighted by Crippen LogP contribution is -2.08. The van der Waals surface area contributed by atoms with Crippen LogP contribution in [-0.4, -0.2) is 14.5 Å². The highest BCUT2D eigenvalue weighted by Crippen LogP contribution is 2.30. The Balaban J connectivity index is 2.09. The SMILES string of the molecule is S=c1[nH]c2cc(Br)cnc2n1C1CCCCCC1. The third-order valence-electron chi connectivity index (χ3n) is 3.71. The molecular weight excluding hydrogens is 310 g/mol. The van der Waals surface area contributed by atoms with Gasteiger partial charge in [0.2, 0.25) is 0 Å². The summed E-state index contributed by atoms with van der Waals surface area (Å²) in [4.78, 5) is 7.80. The van der Waals surface area contributed by atoms with Gasteiger partial charge in [0.05, 0.1) is 5.52 Å². The normalized spacial score (nSPS) is 18.1. The Morgan fingerprint density at radius 1 is 1.28 bits per heavy atom. The molecule has 0 saturated heterocycles. The zero-order valence-electron chi connectivity index (χ0n) is 10.2. The summed E-state index contributed by atoms with van der Waals surface area (Å²) in [5, 5.41) is 0. The molecule has 1 N–H and O–H groups in total. The molecule has 1 saturated carbocycles. The zero-order valence-corrected chi connectivity index (χ0v) is 12.6. The maximum Gasteiger partial charge on any atom is 0.179 e. The molecule has 0 unspecified atom stereocenters. The van der Waals surface area contributed by atoms with Crippen LogP contribution in [-0.2, 0) is 0 Å². The maximum atomic E-state index is 5.47. The number of nitrogens with one attached hydrogen (secondary N) is 1. The van der Waals surface area contributed by atoms with Gasteiger partial charge in [0, 0.05) is 16.7 Å². The first-order valence-corrected chi connectivity index (χ1v) is 7.71. The molecular formula is C13H16BrN3S. The highest BCUT2D eigenvalue weighted by Gasteiger charge is 2.18. The number of nitrogens with zero attached hydrogens (tertiary/aromatic N) is 2. The van der Waals surface area contributed by atoms with E-state index in [0.717, 1.165) is 20.4 Å². The van der Waals surface area contributed by atoms with Crippen LogP contribution in [0.5, 0.6) is 0 Å². The Kier molecular flexibility index (Phi) is 3.52. The third kappa shape index (κ3) is 2.26. The van der Waals surface area contributed by atoms with Crippen LogP contribution in [0.15, 0.2) is 16.7 Å². The van der Waals surface area contributed by atoms with E-state index < -0.39 is 0 Å². The van der Waals surface area contributed by atoms with Crippen LogP contribution in [0.4, 0.5) is 0 Å². The summed E-state index contributed by atoms with van der Waals surface area (Å²) in [7, 11) is 0. The van der Waals surface area contributed by atoms with E-state index in [4.69, 9.17) is 12.2 Å². The topological polar surface area (TPSA) is 33.6 Å². The molecule has 5 heteroatoms. The van der Waals surface area contributed by atoms with Gasteiger partial charge in [-0.15, -0.1) is 0 Å². The molecule has 1 aliphatic carbocycles. The molecule has 2 heterocycles. The fraction of sp³-hybridized carbons (Fsp3) is 0.538. The minimum absolute atomic E-state index is 0.516. The van der Waals surface area contributed by atoms with Gasteiger partial charge in [-0.25, -0.2) is 4.98 Å². The summed E-state index contributed by atoms with van der Waals surface area (Å²) in [5.41, 5.74) is 2.02. The van der Waals surface area contributed by atoms with Gasteiger partial charge < -0.3 is 4.98 Å². The minimum atomic E-state index is 0.516. The Morgan fingerprint density at radius 2 is 2.00 bits per heavy atom. The van der Waals surface area contributed by atoms with Gasteiger partial charge >= 0.3 is 0 Å². The van der Waals surface area contributed by atoms with Gasteiger partial charge in [0.1, 0.15) is 0 Å². The van der Waals surface area contributed by atoms with Crippen LogP contribution in [0.2, 0.25) is 0 Å². The second kappa shape index (κ2) is 5.13. The van der Waals surface area contributed by atoms with Crippen molar-refractivity contribution in [3.05, 3.63) is 21.5 Å². The van der Waals surface area contributed by atoms with Crippen molar-refractivity contribution >= 4 is 39.3 Å². The van der Waals surface area contributed by atoms with Crippen molar-refractivity contribution in [2.75, 3.05) is 0 Å². The average molecular weight is 326 g/mol. The standard InChI is InChI=1S/C13H16BrN3S/c14-9-7-11-12(15-8-9)17(13(18)16-11)10-5-3-1-2-4-6-10/h7-8,10H,1-6H2,(H,16,18). The summed E-state index contributed by atoms with van der Waals surface area (Å²) in [6.07, 6.45) is 9.59. The molecule has 0 amide bonds. The lowest BCUT2D eigenvalue weighted by molar-refractivity contribution is 0.448. The predicted molar refractivity (Wildman–Crippen MR) is 79.4 cm³/mol. The summed E-state index contributed by atoms with van der Waals surface area (Å²) >= 11 is 8.92. The second-order valence-corrected chi connectivity index (χ2v) is 6.27. The van der Waals surface area contributed by atoms with Gasteiger partial charge in [-0.1, -0.05) is 25.7 Å². The number of H-pyrrole nitrogens is 1. The number of imidazole rings is 1.